The Kier molecular flexibility index (Phi) is 3.39. The molecule has 0 aliphatic carbocycles. The molecule has 0 saturated heterocycles. The monoisotopic (exact) mass is 247 g/mol. The van der Waals surface area contributed by atoms with Crippen LogP contribution in [0.5, 0.6) is 0 Å². The molecule has 1 aromatic heterocycles. The third kappa shape index (κ3) is 2.82. The molecule has 0 radical (unpaired) electrons. The van der Waals surface area contributed by atoms with Crippen LogP contribution in [-0.2, 0) is 0 Å². The topological polar surface area (TPSA) is 50.1 Å². The molecule has 5 heteroatoms. The lowest BCUT2D eigenvalue weighted by atomic mass is 10.2. The third-order valence-electron chi connectivity index (χ3n) is 2.16. The summed E-state index contributed by atoms with van der Waals surface area (Å²) in [5.74, 6) is 0.625. The van der Waals surface area contributed by atoms with E-state index in [0.717, 1.165) is 16.5 Å². The first-order chi connectivity index (χ1) is 8.16. The fraction of sp³-hybridized carbons (Fsp3) is 0.167. The maximum absolute atomic E-state index is 5.16. The lowest BCUT2D eigenvalue weighted by Crippen LogP contribution is -2.29. The fourth-order valence-electron chi connectivity index (χ4n) is 1.36. The molecule has 1 aromatic carbocycles. The Morgan fingerprint density at radius 1 is 1.47 bits per heavy atom. The second-order valence-corrected chi connectivity index (χ2v) is 4.20. The Bertz CT molecular complexity index is 562. The second-order valence-electron chi connectivity index (χ2n) is 3.79. The van der Waals surface area contributed by atoms with Crippen LogP contribution >= 0.6 is 12.2 Å². The number of aromatic nitrogens is 1. The molecule has 0 saturated carbocycles. The fourth-order valence-corrected chi connectivity index (χ4v) is 1.53. The number of hydrogen-bond acceptors (Lipinski definition) is 3. The Labute approximate surface area is 105 Å². The lowest BCUT2D eigenvalue weighted by molar-refractivity contribution is 0.460. The zero-order valence-corrected chi connectivity index (χ0v) is 10.3. The zero-order valence-electron chi connectivity index (χ0n) is 9.49. The summed E-state index contributed by atoms with van der Waals surface area (Å²) in [4.78, 5) is 0. The van der Waals surface area contributed by atoms with Crippen LogP contribution in [-0.4, -0.2) is 16.8 Å². The minimum Gasteiger partial charge on any atom is -0.359 e. The third-order valence-corrected chi connectivity index (χ3v) is 2.41. The maximum Gasteiger partial charge on any atom is 0.183 e. The first-order valence-corrected chi connectivity index (χ1v) is 5.61. The number of thiocarbonyl (C=S) groups is 1. The van der Waals surface area contributed by atoms with Gasteiger partial charge in [-0.1, -0.05) is 29.4 Å². The molecular formula is C12H13N3OS. The van der Waals surface area contributed by atoms with Crippen molar-refractivity contribution >= 4 is 34.1 Å². The number of benzene rings is 1. The SMILES string of the molecule is C=C(C)CNC(=S)Nc1noc2ccccc12. The molecule has 0 amide bonds. The van der Waals surface area contributed by atoms with Gasteiger partial charge in [0.05, 0.1) is 5.39 Å². The van der Waals surface area contributed by atoms with Crippen LogP contribution in [0.4, 0.5) is 5.82 Å². The van der Waals surface area contributed by atoms with Crippen LogP contribution in [0, 0.1) is 0 Å². The van der Waals surface area contributed by atoms with Gasteiger partial charge in [-0.15, -0.1) is 0 Å². The average Bonchev–Trinajstić information content (AvgIpc) is 2.70. The standard InChI is InChI=1S/C12H13N3OS/c1-8(2)7-13-12(17)14-11-9-5-3-4-6-10(9)16-15-11/h3-6H,1,7H2,2H3,(H2,13,14,15,17). The van der Waals surface area contributed by atoms with Gasteiger partial charge in [0.15, 0.2) is 16.5 Å². The molecular weight excluding hydrogens is 234 g/mol. The summed E-state index contributed by atoms with van der Waals surface area (Å²) in [6, 6.07) is 7.61. The van der Waals surface area contributed by atoms with Gasteiger partial charge in [0.25, 0.3) is 0 Å². The van der Waals surface area contributed by atoms with E-state index in [4.69, 9.17) is 16.7 Å². The largest absolute Gasteiger partial charge is 0.359 e. The van der Waals surface area contributed by atoms with E-state index in [0.29, 0.717) is 17.5 Å². The molecule has 0 atom stereocenters. The summed E-state index contributed by atoms with van der Waals surface area (Å²) in [6.45, 7) is 6.36. The van der Waals surface area contributed by atoms with Crippen molar-refractivity contribution in [2.75, 3.05) is 11.9 Å². The molecule has 0 aliphatic heterocycles. The van der Waals surface area contributed by atoms with Crippen molar-refractivity contribution in [3.8, 4) is 0 Å². The average molecular weight is 247 g/mol. The van der Waals surface area contributed by atoms with Gasteiger partial charge in [-0.3, -0.25) is 0 Å². The van der Waals surface area contributed by atoms with Crippen LogP contribution in [0.3, 0.4) is 0 Å². The summed E-state index contributed by atoms with van der Waals surface area (Å²) in [5.41, 5.74) is 1.75. The first-order valence-electron chi connectivity index (χ1n) is 5.20. The van der Waals surface area contributed by atoms with E-state index in [1.807, 2.05) is 31.2 Å². The van der Waals surface area contributed by atoms with E-state index in [1.54, 1.807) is 0 Å². The highest BCUT2D eigenvalue weighted by Gasteiger charge is 2.07. The molecule has 2 aromatic rings. The molecule has 0 fully saturated rings. The van der Waals surface area contributed by atoms with E-state index in [9.17, 15) is 0 Å². The lowest BCUT2D eigenvalue weighted by Gasteiger charge is -2.07. The number of nitrogens with zero attached hydrogens (tertiary/aromatic N) is 1. The van der Waals surface area contributed by atoms with Gasteiger partial charge in [0.2, 0.25) is 0 Å². The highest BCUT2D eigenvalue weighted by Crippen LogP contribution is 2.21. The Morgan fingerprint density at radius 3 is 3.00 bits per heavy atom. The van der Waals surface area contributed by atoms with Gasteiger partial charge in [0, 0.05) is 6.54 Å². The van der Waals surface area contributed by atoms with Gasteiger partial charge in [-0.25, -0.2) is 0 Å². The zero-order chi connectivity index (χ0) is 12.3. The number of fused-ring (bicyclic) bond motifs is 1. The van der Waals surface area contributed by atoms with Crippen LogP contribution in [0.15, 0.2) is 40.9 Å². The molecule has 0 unspecified atom stereocenters. The molecule has 0 bridgehead atoms. The predicted octanol–water partition coefficient (Wildman–Crippen LogP) is 2.69. The molecule has 0 aliphatic rings. The van der Waals surface area contributed by atoms with Crippen molar-refractivity contribution < 1.29 is 4.52 Å². The normalized spacial score (nSPS) is 10.2. The number of rotatable bonds is 3. The number of nitrogens with one attached hydrogen (secondary N) is 2. The van der Waals surface area contributed by atoms with Crippen LogP contribution in [0.25, 0.3) is 11.0 Å². The van der Waals surface area contributed by atoms with E-state index in [1.165, 1.54) is 0 Å². The van der Waals surface area contributed by atoms with Gasteiger partial charge in [-0.2, -0.15) is 0 Å². The Morgan fingerprint density at radius 2 is 2.24 bits per heavy atom. The summed E-state index contributed by atoms with van der Waals surface area (Å²) >= 11 is 5.14. The smallest absolute Gasteiger partial charge is 0.183 e. The number of anilines is 1. The van der Waals surface area contributed by atoms with Crippen LogP contribution < -0.4 is 10.6 Å². The summed E-state index contributed by atoms with van der Waals surface area (Å²) in [7, 11) is 0. The molecule has 2 N–H and O–H groups in total. The van der Waals surface area contributed by atoms with Crippen LogP contribution in [0.1, 0.15) is 6.92 Å². The highest BCUT2D eigenvalue weighted by atomic mass is 32.1. The maximum atomic E-state index is 5.16. The molecule has 2 rings (SSSR count). The van der Waals surface area contributed by atoms with Crippen molar-refractivity contribution in [3.05, 3.63) is 36.4 Å². The summed E-state index contributed by atoms with van der Waals surface area (Å²) < 4.78 is 5.16. The highest BCUT2D eigenvalue weighted by molar-refractivity contribution is 7.80. The minimum atomic E-state index is 0.507. The second kappa shape index (κ2) is 4.97. The van der Waals surface area contributed by atoms with Crippen molar-refractivity contribution in [1.82, 2.24) is 10.5 Å². The van der Waals surface area contributed by atoms with Crippen LogP contribution in [0.2, 0.25) is 0 Å². The van der Waals surface area contributed by atoms with E-state index in [-0.39, 0.29) is 0 Å². The van der Waals surface area contributed by atoms with Crippen molar-refractivity contribution in [2.24, 2.45) is 0 Å². The molecule has 4 nitrogen and oxygen atoms in total. The molecule has 17 heavy (non-hydrogen) atoms. The Hall–Kier alpha value is -1.88. The quantitative estimate of drug-likeness (QED) is 0.645. The summed E-state index contributed by atoms with van der Waals surface area (Å²) in [6.07, 6.45) is 0. The number of para-hydroxylation sites is 1. The Balaban J connectivity index is 2.08. The van der Waals surface area contributed by atoms with Crippen molar-refractivity contribution in [1.29, 1.82) is 0 Å². The molecule has 88 valence electrons. The van der Waals surface area contributed by atoms with Crippen molar-refractivity contribution in [2.45, 2.75) is 6.92 Å². The molecule has 0 spiro atoms. The van der Waals surface area contributed by atoms with Gasteiger partial charge in [-0.05, 0) is 31.3 Å². The van der Waals surface area contributed by atoms with Gasteiger partial charge >= 0.3 is 0 Å². The predicted molar refractivity (Wildman–Crippen MR) is 73.0 cm³/mol. The first kappa shape index (κ1) is 11.6. The summed E-state index contributed by atoms with van der Waals surface area (Å²) in [5, 5.41) is 11.4. The van der Waals surface area contributed by atoms with E-state index in [2.05, 4.69) is 22.4 Å². The molecule has 1 heterocycles. The van der Waals surface area contributed by atoms with Crippen molar-refractivity contribution in [3.63, 3.8) is 0 Å². The van der Waals surface area contributed by atoms with Gasteiger partial charge < -0.3 is 15.2 Å². The van der Waals surface area contributed by atoms with E-state index >= 15 is 0 Å². The van der Waals surface area contributed by atoms with E-state index < -0.39 is 0 Å². The number of hydrogen-bond donors (Lipinski definition) is 2. The minimum absolute atomic E-state index is 0.507. The van der Waals surface area contributed by atoms with Gasteiger partial charge in [0.1, 0.15) is 0 Å².